The van der Waals surface area contributed by atoms with Gasteiger partial charge in [-0.1, -0.05) is 26.3 Å². The molecule has 4 nitrogen and oxygen atoms in total. The van der Waals surface area contributed by atoms with Gasteiger partial charge in [0.25, 0.3) is 0 Å². The van der Waals surface area contributed by atoms with E-state index >= 15 is 0 Å². The lowest BCUT2D eigenvalue weighted by Crippen LogP contribution is -2.58. The zero-order valence-corrected chi connectivity index (χ0v) is 16.4. The number of hydrogen-bond acceptors (Lipinski definition) is 3. The maximum absolute atomic E-state index is 5.55. The molecular formula is C20H31N3OS. The summed E-state index contributed by atoms with van der Waals surface area (Å²) in [7, 11) is 1.68. The van der Waals surface area contributed by atoms with Crippen LogP contribution in [-0.2, 0) is 0 Å². The van der Waals surface area contributed by atoms with Crippen LogP contribution in [0, 0.1) is 5.92 Å². The van der Waals surface area contributed by atoms with E-state index in [1.165, 1.54) is 38.6 Å². The van der Waals surface area contributed by atoms with E-state index in [1.54, 1.807) is 7.11 Å². The first-order chi connectivity index (χ1) is 12.0. The fourth-order valence-electron chi connectivity index (χ4n) is 4.37. The molecule has 2 heterocycles. The Bertz CT molecular complexity index is 578. The molecule has 5 heteroatoms. The van der Waals surface area contributed by atoms with Gasteiger partial charge in [-0.05, 0) is 56.0 Å². The van der Waals surface area contributed by atoms with Gasteiger partial charge in [0.15, 0.2) is 5.11 Å². The summed E-state index contributed by atoms with van der Waals surface area (Å²) < 4.78 is 5.27. The summed E-state index contributed by atoms with van der Waals surface area (Å²) in [4.78, 5) is 2.77. The molecule has 3 rings (SSSR count). The molecule has 1 aromatic rings. The van der Waals surface area contributed by atoms with E-state index in [4.69, 9.17) is 17.0 Å². The number of fused-ring (bicyclic) bond motifs is 2. The van der Waals surface area contributed by atoms with E-state index in [1.807, 2.05) is 24.3 Å². The quantitative estimate of drug-likeness (QED) is 0.775. The number of methoxy groups -OCH3 is 1. The third-order valence-corrected chi connectivity index (χ3v) is 5.58. The number of hydrogen-bond donors (Lipinski definition) is 2. The van der Waals surface area contributed by atoms with Crippen molar-refractivity contribution in [3.8, 4) is 5.75 Å². The molecule has 2 fully saturated rings. The lowest BCUT2D eigenvalue weighted by molar-refractivity contribution is 0.0191. The van der Waals surface area contributed by atoms with Crippen molar-refractivity contribution in [3.63, 3.8) is 0 Å². The van der Waals surface area contributed by atoms with Crippen molar-refractivity contribution in [2.45, 2.75) is 64.1 Å². The second-order valence-corrected chi connectivity index (χ2v) is 8.24. The smallest absolute Gasteiger partial charge is 0.170 e. The van der Waals surface area contributed by atoms with Crippen LogP contribution in [0.15, 0.2) is 24.3 Å². The average molecular weight is 362 g/mol. The van der Waals surface area contributed by atoms with Gasteiger partial charge in [0.05, 0.1) is 7.11 Å². The minimum absolute atomic E-state index is 0.476. The summed E-state index contributed by atoms with van der Waals surface area (Å²) in [6.07, 6.45) is 6.43. The summed E-state index contributed by atoms with van der Waals surface area (Å²) in [5, 5.41) is 7.58. The molecule has 0 radical (unpaired) electrons. The van der Waals surface area contributed by atoms with Crippen LogP contribution in [0.2, 0.25) is 0 Å². The Morgan fingerprint density at radius 3 is 2.64 bits per heavy atom. The normalized spacial score (nSPS) is 26.3. The Labute approximate surface area is 157 Å². The fraction of sp³-hybridized carbons (Fsp3) is 0.650. The molecule has 2 atom stereocenters. The van der Waals surface area contributed by atoms with Crippen molar-refractivity contribution in [1.82, 2.24) is 10.2 Å². The average Bonchev–Trinajstić information content (AvgIpc) is 2.55. The summed E-state index contributed by atoms with van der Waals surface area (Å²) >= 11 is 5.55. The second kappa shape index (κ2) is 8.37. The topological polar surface area (TPSA) is 36.5 Å². The molecule has 2 aliphatic rings. The molecule has 0 spiro atoms. The minimum atomic E-state index is 0.476. The zero-order valence-electron chi connectivity index (χ0n) is 15.6. The van der Waals surface area contributed by atoms with Crippen molar-refractivity contribution >= 4 is 23.0 Å². The molecule has 2 N–H and O–H groups in total. The molecule has 138 valence electrons. The zero-order chi connectivity index (χ0) is 17.8. The molecule has 0 aliphatic carbocycles. The van der Waals surface area contributed by atoms with Crippen LogP contribution in [0.1, 0.15) is 46.0 Å². The second-order valence-electron chi connectivity index (χ2n) is 7.83. The third-order valence-electron chi connectivity index (χ3n) is 5.36. The lowest BCUT2D eigenvalue weighted by atomic mass is 9.81. The number of benzene rings is 1. The number of thiocarbonyl (C=S) groups is 1. The molecule has 0 unspecified atom stereocenters. The predicted octanol–water partition coefficient (Wildman–Crippen LogP) is 4.02. The van der Waals surface area contributed by atoms with Crippen molar-refractivity contribution in [2.75, 3.05) is 19.0 Å². The van der Waals surface area contributed by atoms with Gasteiger partial charge in [0.1, 0.15) is 5.75 Å². The number of anilines is 1. The third kappa shape index (κ3) is 4.85. The van der Waals surface area contributed by atoms with E-state index in [2.05, 4.69) is 29.4 Å². The molecule has 1 aromatic carbocycles. The summed E-state index contributed by atoms with van der Waals surface area (Å²) in [5.41, 5.74) is 0.967. The van der Waals surface area contributed by atoms with Crippen molar-refractivity contribution in [1.29, 1.82) is 0 Å². The van der Waals surface area contributed by atoms with Crippen LogP contribution in [0.5, 0.6) is 5.75 Å². The van der Waals surface area contributed by atoms with Gasteiger partial charge in [-0.2, -0.15) is 0 Å². The van der Waals surface area contributed by atoms with Gasteiger partial charge < -0.3 is 15.4 Å². The molecule has 2 bridgehead atoms. The number of nitrogens with zero attached hydrogens (tertiary/aromatic N) is 1. The van der Waals surface area contributed by atoms with E-state index < -0.39 is 0 Å². The first kappa shape index (κ1) is 18.5. The first-order valence-electron chi connectivity index (χ1n) is 9.52. The highest BCUT2D eigenvalue weighted by molar-refractivity contribution is 7.80. The van der Waals surface area contributed by atoms with Gasteiger partial charge in [0, 0.05) is 36.4 Å². The molecule has 2 saturated heterocycles. The number of piperidine rings is 2. The van der Waals surface area contributed by atoms with Crippen LogP contribution in [0.25, 0.3) is 0 Å². The standard InChI is InChI=1S/C20H31N3OS/c1-14(2)13-23-17-7-5-8-18(23)11-16(10-17)22-20(25)21-15-6-4-9-19(12-15)24-3/h4,6,9,12,14,16-18H,5,7-8,10-11,13H2,1-3H3,(H2,21,22,25)/t17-,18-/m1/s1. The Hall–Kier alpha value is -1.33. The summed E-state index contributed by atoms with van der Waals surface area (Å²) in [6.45, 7) is 5.88. The first-order valence-corrected chi connectivity index (χ1v) is 9.93. The summed E-state index contributed by atoms with van der Waals surface area (Å²) in [6, 6.07) is 9.79. The van der Waals surface area contributed by atoms with Crippen LogP contribution in [0.4, 0.5) is 5.69 Å². The highest BCUT2D eigenvalue weighted by atomic mass is 32.1. The Kier molecular flexibility index (Phi) is 6.18. The van der Waals surface area contributed by atoms with Gasteiger partial charge in [-0.15, -0.1) is 0 Å². The van der Waals surface area contributed by atoms with Crippen LogP contribution >= 0.6 is 12.2 Å². The van der Waals surface area contributed by atoms with Crippen molar-refractivity contribution in [2.24, 2.45) is 5.92 Å². The largest absolute Gasteiger partial charge is 0.497 e. The fourth-order valence-corrected chi connectivity index (χ4v) is 4.65. The molecule has 0 amide bonds. The van der Waals surface area contributed by atoms with Crippen molar-refractivity contribution < 1.29 is 4.74 Å². The molecule has 0 aromatic heterocycles. The Morgan fingerprint density at radius 1 is 1.28 bits per heavy atom. The number of rotatable bonds is 5. The van der Waals surface area contributed by atoms with E-state index in [0.29, 0.717) is 23.2 Å². The maximum Gasteiger partial charge on any atom is 0.170 e. The lowest BCUT2D eigenvalue weighted by Gasteiger charge is -2.49. The minimum Gasteiger partial charge on any atom is -0.497 e. The monoisotopic (exact) mass is 361 g/mol. The van der Waals surface area contributed by atoms with Crippen LogP contribution in [-0.4, -0.2) is 41.8 Å². The highest BCUT2D eigenvalue weighted by Gasteiger charge is 2.38. The Balaban J connectivity index is 1.56. The maximum atomic E-state index is 5.55. The van der Waals surface area contributed by atoms with E-state index in [9.17, 15) is 0 Å². The molecule has 25 heavy (non-hydrogen) atoms. The van der Waals surface area contributed by atoms with Gasteiger partial charge >= 0.3 is 0 Å². The Morgan fingerprint density at radius 2 is 2.00 bits per heavy atom. The highest BCUT2D eigenvalue weighted by Crippen LogP contribution is 2.34. The molecular weight excluding hydrogens is 330 g/mol. The van der Waals surface area contributed by atoms with Crippen molar-refractivity contribution in [3.05, 3.63) is 24.3 Å². The van der Waals surface area contributed by atoms with Crippen LogP contribution in [0.3, 0.4) is 0 Å². The SMILES string of the molecule is COc1cccc(NC(=S)NC2C[C@H]3CCC[C@H](C2)N3CC(C)C)c1. The van der Waals surface area contributed by atoms with Gasteiger partial charge in [0.2, 0.25) is 0 Å². The van der Waals surface area contributed by atoms with E-state index in [-0.39, 0.29) is 0 Å². The molecule has 0 saturated carbocycles. The molecule has 2 aliphatic heterocycles. The number of nitrogens with one attached hydrogen (secondary N) is 2. The number of ether oxygens (including phenoxy) is 1. The predicted molar refractivity (Wildman–Crippen MR) is 108 cm³/mol. The van der Waals surface area contributed by atoms with Gasteiger partial charge in [-0.3, -0.25) is 4.90 Å². The van der Waals surface area contributed by atoms with E-state index in [0.717, 1.165) is 17.4 Å². The summed E-state index contributed by atoms with van der Waals surface area (Å²) in [5.74, 6) is 1.58. The van der Waals surface area contributed by atoms with Crippen LogP contribution < -0.4 is 15.4 Å². The van der Waals surface area contributed by atoms with Gasteiger partial charge in [-0.25, -0.2) is 0 Å².